The van der Waals surface area contributed by atoms with Gasteiger partial charge in [0.2, 0.25) is 10.0 Å². The second-order valence-electron chi connectivity index (χ2n) is 9.03. The molecule has 2 heterocycles. The normalized spacial score (nSPS) is 20.9. The summed E-state index contributed by atoms with van der Waals surface area (Å²) < 4.78 is 32.9. The quantitative estimate of drug-likeness (QED) is 0.609. The number of aryl methyl sites for hydroxylation is 1. The highest BCUT2D eigenvalue weighted by Gasteiger charge is 2.32. The minimum Gasteiger partial charge on any atom is -0.462 e. The number of piperidine rings is 1. The summed E-state index contributed by atoms with van der Waals surface area (Å²) in [4.78, 5) is 26.7. The summed E-state index contributed by atoms with van der Waals surface area (Å²) in [6.45, 7) is 7.17. The maximum absolute atomic E-state index is 13.1. The Labute approximate surface area is 199 Å². The van der Waals surface area contributed by atoms with Crippen LogP contribution in [0.15, 0.2) is 29.2 Å². The molecule has 2 atom stereocenters. The fourth-order valence-corrected chi connectivity index (χ4v) is 7.77. The lowest BCUT2D eigenvalue weighted by Crippen LogP contribution is -2.42. The van der Waals surface area contributed by atoms with Crippen molar-refractivity contribution in [3.8, 4) is 0 Å². The van der Waals surface area contributed by atoms with Crippen LogP contribution in [-0.2, 0) is 27.6 Å². The molecule has 2 aromatic rings. The van der Waals surface area contributed by atoms with Gasteiger partial charge in [-0.1, -0.05) is 13.8 Å². The number of fused-ring (bicyclic) bond motifs is 1. The van der Waals surface area contributed by atoms with Gasteiger partial charge in [-0.3, -0.25) is 4.79 Å². The topological polar surface area (TPSA) is 92.8 Å². The van der Waals surface area contributed by atoms with Crippen LogP contribution in [0.1, 0.15) is 64.8 Å². The van der Waals surface area contributed by atoms with Crippen molar-refractivity contribution in [3.05, 3.63) is 45.8 Å². The fourth-order valence-electron chi connectivity index (χ4n) is 4.82. The van der Waals surface area contributed by atoms with Crippen molar-refractivity contribution < 1.29 is 22.7 Å². The van der Waals surface area contributed by atoms with E-state index in [9.17, 15) is 18.0 Å². The highest BCUT2D eigenvalue weighted by Crippen LogP contribution is 2.39. The molecule has 9 heteroatoms. The van der Waals surface area contributed by atoms with Gasteiger partial charge < -0.3 is 10.1 Å². The van der Waals surface area contributed by atoms with Crippen molar-refractivity contribution in [1.82, 2.24) is 4.31 Å². The lowest BCUT2D eigenvalue weighted by atomic mass is 9.94. The van der Waals surface area contributed by atoms with Crippen LogP contribution < -0.4 is 5.32 Å². The molecular weight excluding hydrogens is 460 g/mol. The van der Waals surface area contributed by atoms with Gasteiger partial charge in [-0.05, 0) is 74.3 Å². The van der Waals surface area contributed by atoms with E-state index in [0.29, 0.717) is 41.1 Å². The first-order chi connectivity index (χ1) is 15.7. The Bertz CT molecular complexity index is 1140. The molecule has 0 saturated carbocycles. The monoisotopic (exact) mass is 490 g/mol. The summed E-state index contributed by atoms with van der Waals surface area (Å²) in [7, 11) is -3.61. The number of anilines is 1. The van der Waals surface area contributed by atoms with E-state index in [1.807, 2.05) is 0 Å². The van der Waals surface area contributed by atoms with Crippen molar-refractivity contribution in [1.29, 1.82) is 0 Å². The maximum atomic E-state index is 13.1. The van der Waals surface area contributed by atoms with Crippen molar-refractivity contribution in [2.45, 2.75) is 51.3 Å². The largest absolute Gasteiger partial charge is 0.462 e. The number of amides is 1. The molecule has 1 saturated heterocycles. The zero-order chi connectivity index (χ0) is 23.8. The Hall–Kier alpha value is -2.23. The molecule has 178 valence electrons. The Morgan fingerprint density at radius 1 is 1.12 bits per heavy atom. The molecule has 2 aliphatic rings. The average Bonchev–Trinajstić information content (AvgIpc) is 3.34. The molecule has 1 aromatic heterocycles. The summed E-state index contributed by atoms with van der Waals surface area (Å²) in [5, 5.41) is 3.34. The Kier molecular flexibility index (Phi) is 6.93. The molecule has 7 nitrogen and oxygen atoms in total. The number of hydrogen-bond donors (Lipinski definition) is 1. The minimum atomic E-state index is -3.61. The first-order valence-corrected chi connectivity index (χ1v) is 13.7. The lowest BCUT2D eigenvalue weighted by Gasteiger charge is -2.34. The highest BCUT2D eigenvalue weighted by molar-refractivity contribution is 7.89. The lowest BCUT2D eigenvalue weighted by molar-refractivity contribution is 0.0527. The number of sulfonamides is 1. The third kappa shape index (κ3) is 4.85. The summed E-state index contributed by atoms with van der Waals surface area (Å²) in [5.41, 5.74) is 1.76. The van der Waals surface area contributed by atoms with E-state index < -0.39 is 16.0 Å². The van der Waals surface area contributed by atoms with Gasteiger partial charge in [0.15, 0.2) is 0 Å². The summed E-state index contributed by atoms with van der Waals surface area (Å²) in [5.74, 6) is -0.174. The number of rotatable bonds is 6. The predicted octanol–water partition coefficient (Wildman–Crippen LogP) is 4.33. The number of carbonyl (C=O) groups excluding carboxylic acids is 2. The Balaban J connectivity index is 1.52. The van der Waals surface area contributed by atoms with E-state index in [1.165, 1.54) is 35.6 Å². The molecule has 1 amide bonds. The van der Waals surface area contributed by atoms with E-state index in [1.54, 1.807) is 11.2 Å². The van der Waals surface area contributed by atoms with Gasteiger partial charge in [-0.15, -0.1) is 11.3 Å². The number of carbonyl (C=O) groups is 2. The molecule has 0 bridgehead atoms. The fraction of sp³-hybridized carbons (Fsp3) is 0.500. The van der Waals surface area contributed by atoms with Crippen molar-refractivity contribution in [3.63, 3.8) is 0 Å². The third-order valence-corrected chi connectivity index (χ3v) is 9.27. The molecule has 4 rings (SSSR count). The number of nitrogens with zero attached hydrogens (tertiary/aromatic N) is 1. The van der Waals surface area contributed by atoms with E-state index in [0.717, 1.165) is 36.1 Å². The number of thiophene rings is 1. The molecule has 1 aliphatic heterocycles. The summed E-state index contributed by atoms with van der Waals surface area (Å²) in [6.07, 6.45) is 3.70. The number of esters is 1. The molecule has 1 aromatic carbocycles. The van der Waals surface area contributed by atoms with Crippen molar-refractivity contribution in [2.24, 2.45) is 11.8 Å². The second-order valence-corrected chi connectivity index (χ2v) is 12.1. The van der Waals surface area contributed by atoms with E-state index in [2.05, 4.69) is 19.2 Å². The van der Waals surface area contributed by atoms with Gasteiger partial charge in [-0.2, -0.15) is 4.31 Å². The number of hydrogen-bond acceptors (Lipinski definition) is 6. The van der Waals surface area contributed by atoms with Gasteiger partial charge in [0.25, 0.3) is 5.91 Å². The van der Waals surface area contributed by atoms with Crippen LogP contribution >= 0.6 is 11.3 Å². The average molecular weight is 491 g/mol. The third-order valence-electron chi connectivity index (χ3n) is 6.22. The second kappa shape index (κ2) is 9.56. The van der Waals surface area contributed by atoms with Crippen molar-refractivity contribution in [2.75, 3.05) is 25.0 Å². The number of ether oxygens (including phenoxy) is 1. The molecule has 2 unspecified atom stereocenters. The molecule has 0 spiro atoms. The van der Waals surface area contributed by atoms with Crippen LogP contribution in [0.2, 0.25) is 0 Å². The zero-order valence-electron chi connectivity index (χ0n) is 19.2. The van der Waals surface area contributed by atoms with E-state index >= 15 is 0 Å². The highest BCUT2D eigenvalue weighted by atomic mass is 32.2. The first kappa shape index (κ1) is 23.9. The number of nitrogens with one attached hydrogen (secondary N) is 1. The van der Waals surface area contributed by atoms with Crippen LogP contribution in [0.4, 0.5) is 5.00 Å². The molecule has 1 fully saturated rings. The molecule has 0 radical (unpaired) electrons. The van der Waals surface area contributed by atoms with Crippen molar-refractivity contribution >= 4 is 38.2 Å². The van der Waals surface area contributed by atoms with Gasteiger partial charge in [0.05, 0.1) is 17.1 Å². The van der Waals surface area contributed by atoms with Crippen LogP contribution in [0.5, 0.6) is 0 Å². The summed E-state index contributed by atoms with van der Waals surface area (Å²) >= 11 is 1.42. The summed E-state index contributed by atoms with van der Waals surface area (Å²) in [6, 6.07) is 6.00. The first-order valence-electron chi connectivity index (χ1n) is 11.4. The van der Waals surface area contributed by atoms with E-state index in [-0.39, 0.29) is 17.4 Å². The molecular formula is C24H30N2O5S2. The molecule has 33 heavy (non-hydrogen) atoms. The molecule has 1 aliphatic carbocycles. The number of benzene rings is 1. The van der Waals surface area contributed by atoms with Gasteiger partial charge in [0, 0.05) is 23.5 Å². The standard InChI is InChI=1S/C24H30N2O5S2/c1-4-31-24(28)21-19-6-5-7-20(19)32-23(21)25-22(27)17-8-10-18(11-9-17)33(29,30)26-13-15(2)12-16(3)14-26/h8-11,15-16H,4-7,12-14H2,1-3H3,(H,25,27). The predicted molar refractivity (Wildman–Crippen MR) is 128 cm³/mol. The Morgan fingerprint density at radius 2 is 1.79 bits per heavy atom. The van der Waals surface area contributed by atoms with Crippen LogP contribution in [0.25, 0.3) is 0 Å². The van der Waals surface area contributed by atoms with Gasteiger partial charge in [-0.25, -0.2) is 13.2 Å². The van der Waals surface area contributed by atoms with Crippen LogP contribution in [-0.4, -0.2) is 44.3 Å². The van der Waals surface area contributed by atoms with Gasteiger partial charge >= 0.3 is 5.97 Å². The smallest absolute Gasteiger partial charge is 0.341 e. The van der Waals surface area contributed by atoms with E-state index in [4.69, 9.17) is 4.74 Å². The van der Waals surface area contributed by atoms with Crippen LogP contribution in [0.3, 0.4) is 0 Å². The molecule has 1 N–H and O–H groups in total. The van der Waals surface area contributed by atoms with Gasteiger partial charge in [0.1, 0.15) is 5.00 Å². The van der Waals surface area contributed by atoms with Crippen LogP contribution in [0, 0.1) is 11.8 Å². The zero-order valence-corrected chi connectivity index (χ0v) is 20.9. The Morgan fingerprint density at radius 3 is 2.42 bits per heavy atom. The maximum Gasteiger partial charge on any atom is 0.341 e. The minimum absolute atomic E-state index is 0.183. The SMILES string of the molecule is CCOC(=O)c1c(NC(=O)c2ccc(S(=O)(=O)N3CC(C)CC(C)C3)cc2)sc2c1CCC2.